The molecular formula is C16H22N2O2. The molecule has 0 bridgehead atoms. The number of methoxy groups -OCH3 is 1. The summed E-state index contributed by atoms with van der Waals surface area (Å²) in [4.78, 5) is 0. The smallest absolute Gasteiger partial charge is 0.222 e. The second kappa shape index (κ2) is 5.57. The van der Waals surface area contributed by atoms with Crippen molar-refractivity contribution in [3.05, 3.63) is 29.3 Å². The van der Waals surface area contributed by atoms with Crippen LogP contribution in [0.1, 0.15) is 50.7 Å². The van der Waals surface area contributed by atoms with E-state index in [1.165, 1.54) is 5.56 Å². The molecule has 0 fully saturated rings. The third kappa shape index (κ3) is 2.50. The van der Waals surface area contributed by atoms with Crippen molar-refractivity contribution in [2.45, 2.75) is 39.5 Å². The lowest BCUT2D eigenvalue weighted by atomic mass is 9.89. The van der Waals surface area contributed by atoms with Crippen LogP contribution >= 0.6 is 0 Å². The minimum absolute atomic E-state index is 0.312. The van der Waals surface area contributed by atoms with Gasteiger partial charge in [0, 0.05) is 11.6 Å². The fourth-order valence-corrected chi connectivity index (χ4v) is 2.44. The van der Waals surface area contributed by atoms with E-state index in [-0.39, 0.29) is 0 Å². The zero-order valence-electron chi connectivity index (χ0n) is 12.7. The second-order valence-electron chi connectivity index (χ2n) is 5.58. The molecule has 0 saturated heterocycles. The molecule has 0 aliphatic carbocycles. The third-order valence-electron chi connectivity index (χ3n) is 3.45. The fraction of sp³-hybridized carbons (Fsp3) is 0.438. The summed E-state index contributed by atoms with van der Waals surface area (Å²) in [5.41, 5.74) is 9.71. The molecule has 0 spiro atoms. The summed E-state index contributed by atoms with van der Waals surface area (Å²) in [6, 6.07) is 6.02. The van der Waals surface area contributed by atoms with Gasteiger partial charge in [0.25, 0.3) is 0 Å². The molecule has 0 saturated carbocycles. The molecule has 1 aromatic carbocycles. The van der Waals surface area contributed by atoms with E-state index in [1.54, 1.807) is 13.2 Å². The van der Waals surface area contributed by atoms with Gasteiger partial charge in [-0.05, 0) is 23.0 Å². The van der Waals surface area contributed by atoms with Crippen LogP contribution in [0, 0.1) is 0 Å². The number of rotatable bonds is 4. The highest BCUT2D eigenvalue weighted by atomic mass is 16.5. The molecule has 2 aromatic rings. The highest BCUT2D eigenvalue weighted by Gasteiger charge is 2.21. The molecule has 2 N–H and O–H groups in total. The lowest BCUT2D eigenvalue weighted by Gasteiger charge is -2.20. The van der Waals surface area contributed by atoms with Gasteiger partial charge in [-0.2, -0.15) is 0 Å². The third-order valence-corrected chi connectivity index (χ3v) is 3.45. The Morgan fingerprint density at radius 2 is 1.70 bits per heavy atom. The van der Waals surface area contributed by atoms with E-state index in [1.807, 2.05) is 0 Å². The number of ether oxygens (including phenoxy) is 1. The number of hydrogen-bond acceptors (Lipinski definition) is 4. The maximum absolute atomic E-state index is 5.67. The Morgan fingerprint density at radius 3 is 2.15 bits per heavy atom. The summed E-state index contributed by atoms with van der Waals surface area (Å²) >= 11 is 0. The van der Waals surface area contributed by atoms with Gasteiger partial charge in [0.05, 0.1) is 7.11 Å². The van der Waals surface area contributed by atoms with Crippen molar-refractivity contribution >= 4 is 5.88 Å². The SMILES string of the molecule is COc1c(C(C)C)ccc(C(C)C)c1-c1cc(N)on1. The Kier molecular flexibility index (Phi) is 4.02. The molecule has 2 rings (SSSR count). The first kappa shape index (κ1) is 14.4. The number of aromatic nitrogens is 1. The van der Waals surface area contributed by atoms with E-state index in [2.05, 4.69) is 45.0 Å². The van der Waals surface area contributed by atoms with Crippen LogP contribution in [0.5, 0.6) is 5.75 Å². The number of nitrogen functional groups attached to an aromatic ring is 1. The van der Waals surface area contributed by atoms with Gasteiger partial charge in [0.15, 0.2) is 0 Å². The lowest BCUT2D eigenvalue weighted by molar-refractivity contribution is 0.406. The maximum Gasteiger partial charge on any atom is 0.222 e. The normalized spacial score (nSPS) is 11.3. The van der Waals surface area contributed by atoms with Crippen LogP contribution in [0.2, 0.25) is 0 Å². The predicted octanol–water partition coefficient (Wildman–Crippen LogP) is 4.18. The van der Waals surface area contributed by atoms with E-state index in [4.69, 9.17) is 15.0 Å². The molecule has 1 heterocycles. The molecular weight excluding hydrogens is 252 g/mol. The van der Waals surface area contributed by atoms with Gasteiger partial charge in [-0.15, -0.1) is 0 Å². The largest absolute Gasteiger partial charge is 0.496 e. The van der Waals surface area contributed by atoms with Crippen molar-refractivity contribution in [3.8, 4) is 17.0 Å². The molecule has 0 radical (unpaired) electrons. The maximum atomic E-state index is 5.67. The van der Waals surface area contributed by atoms with Crippen LogP contribution in [0.3, 0.4) is 0 Å². The number of nitrogens with two attached hydrogens (primary N) is 1. The number of hydrogen-bond donors (Lipinski definition) is 1. The number of nitrogens with zero attached hydrogens (tertiary/aromatic N) is 1. The Morgan fingerprint density at radius 1 is 1.10 bits per heavy atom. The van der Waals surface area contributed by atoms with Crippen LogP contribution < -0.4 is 10.5 Å². The van der Waals surface area contributed by atoms with Crippen LogP contribution in [0.4, 0.5) is 5.88 Å². The summed E-state index contributed by atoms with van der Waals surface area (Å²) in [6.45, 7) is 8.59. The summed E-state index contributed by atoms with van der Waals surface area (Å²) in [5.74, 6) is 1.90. The summed E-state index contributed by atoms with van der Waals surface area (Å²) in [5, 5.41) is 4.06. The topological polar surface area (TPSA) is 61.3 Å². The van der Waals surface area contributed by atoms with Gasteiger partial charge >= 0.3 is 0 Å². The summed E-state index contributed by atoms with van der Waals surface area (Å²) in [6.07, 6.45) is 0. The molecule has 0 atom stereocenters. The number of benzene rings is 1. The van der Waals surface area contributed by atoms with Gasteiger partial charge in [-0.25, -0.2) is 0 Å². The highest BCUT2D eigenvalue weighted by Crippen LogP contribution is 2.41. The van der Waals surface area contributed by atoms with Crippen LogP contribution in [0.15, 0.2) is 22.7 Å². The average Bonchev–Trinajstić information content (AvgIpc) is 2.82. The van der Waals surface area contributed by atoms with Crippen molar-refractivity contribution in [1.82, 2.24) is 5.16 Å². The van der Waals surface area contributed by atoms with E-state index >= 15 is 0 Å². The van der Waals surface area contributed by atoms with Gasteiger partial charge < -0.3 is 15.0 Å². The minimum Gasteiger partial charge on any atom is -0.496 e. The van der Waals surface area contributed by atoms with Crippen LogP contribution in [-0.2, 0) is 0 Å². The monoisotopic (exact) mass is 274 g/mol. The van der Waals surface area contributed by atoms with Crippen LogP contribution in [-0.4, -0.2) is 12.3 Å². The molecule has 20 heavy (non-hydrogen) atoms. The van der Waals surface area contributed by atoms with Crippen molar-refractivity contribution in [1.29, 1.82) is 0 Å². The summed E-state index contributed by atoms with van der Waals surface area (Å²) in [7, 11) is 1.69. The molecule has 0 aliphatic rings. The first-order valence-electron chi connectivity index (χ1n) is 6.89. The first-order valence-corrected chi connectivity index (χ1v) is 6.89. The van der Waals surface area contributed by atoms with E-state index in [0.29, 0.717) is 17.7 Å². The Labute approximate surface area is 119 Å². The molecule has 0 amide bonds. The molecule has 4 heteroatoms. The molecule has 1 aromatic heterocycles. The van der Waals surface area contributed by atoms with E-state index in [9.17, 15) is 0 Å². The average molecular weight is 274 g/mol. The van der Waals surface area contributed by atoms with Crippen molar-refractivity contribution < 1.29 is 9.26 Å². The Bertz CT molecular complexity index is 601. The quantitative estimate of drug-likeness (QED) is 0.908. The van der Waals surface area contributed by atoms with Gasteiger partial charge in [-0.3, -0.25) is 0 Å². The highest BCUT2D eigenvalue weighted by molar-refractivity contribution is 5.75. The standard InChI is InChI=1S/C16H22N2O2/c1-9(2)11-6-7-12(10(3)4)16(19-5)15(11)13-8-14(17)20-18-13/h6-10H,17H2,1-5H3. The zero-order valence-corrected chi connectivity index (χ0v) is 12.7. The first-order chi connectivity index (χ1) is 9.45. The number of anilines is 1. The van der Waals surface area contributed by atoms with E-state index in [0.717, 1.165) is 22.6 Å². The van der Waals surface area contributed by atoms with Gasteiger partial charge in [0.2, 0.25) is 5.88 Å². The molecule has 0 aliphatic heterocycles. The predicted molar refractivity (Wildman–Crippen MR) is 81.1 cm³/mol. The molecule has 4 nitrogen and oxygen atoms in total. The lowest BCUT2D eigenvalue weighted by Crippen LogP contribution is -2.02. The van der Waals surface area contributed by atoms with Gasteiger partial charge in [-0.1, -0.05) is 45.0 Å². The molecule has 0 unspecified atom stereocenters. The van der Waals surface area contributed by atoms with Crippen molar-refractivity contribution in [2.75, 3.05) is 12.8 Å². The Balaban J connectivity index is 2.75. The minimum atomic E-state index is 0.312. The fourth-order valence-electron chi connectivity index (χ4n) is 2.44. The zero-order chi connectivity index (χ0) is 14.9. The van der Waals surface area contributed by atoms with Crippen LogP contribution in [0.25, 0.3) is 11.3 Å². The van der Waals surface area contributed by atoms with Crippen molar-refractivity contribution in [2.24, 2.45) is 0 Å². The van der Waals surface area contributed by atoms with Crippen molar-refractivity contribution in [3.63, 3.8) is 0 Å². The Hall–Kier alpha value is -1.97. The van der Waals surface area contributed by atoms with E-state index < -0.39 is 0 Å². The molecule has 108 valence electrons. The second-order valence-corrected chi connectivity index (χ2v) is 5.58. The summed E-state index contributed by atoms with van der Waals surface area (Å²) < 4.78 is 10.7. The van der Waals surface area contributed by atoms with Gasteiger partial charge in [0.1, 0.15) is 11.4 Å².